The second-order valence-electron chi connectivity index (χ2n) is 3.41. The van der Waals surface area contributed by atoms with E-state index in [1.807, 2.05) is 6.07 Å². The number of nitrogen functional groups attached to an aromatic ring is 1. The number of esters is 1. The highest BCUT2D eigenvalue weighted by Crippen LogP contribution is 2.20. The molecule has 1 aromatic heterocycles. The maximum atomic E-state index is 11.8. The van der Waals surface area contributed by atoms with Crippen LogP contribution >= 0.6 is 15.9 Å². The first-order chi connectivity index (χ1) is 8.08. The molecular weight excluding hydrogens is 286 g/mol. The second-order valence-corrected chi connectivity index (χ2v) is 4.33. The molecule has 5 nitrogen and oxygen atoms in total. The number of aryl methyl sites for hydroxylation is 1. The van der Waals surface area contributed by atoms with Gasteiger partial charge in [0.2, 0.25) is 0 Å². The molecule has 0 spiro atoms. The number of rotatable bonds is 2. The minimum atomic E-state index is -0.520. The van der Waals surface area contributed by atoms with Crippen LogP contribution in [0.4, 0.5) is 5.82 Å². The summed E-state index contributed by atoms with van der Waals surface area (Å²) >= 11 is 3.29. The highest BCUT2D eigenvalue weighted by atomic mass is 79.9. The number of anilines is 1. The van der Waals surface area contributed by atoms with E-state index in [9.17, 15) is 4.79 Å². The third-order valence-electron chi connectivity index (χ3n) is 2.21. The molecule has 0 amide bonds. The van der Waals surface area contributed by atoms with E-state index in [2.05, 4.69) is 21.0 Å². The number of nitrogens with two attached hydrogens (primary N) is 1. The summed E-state index contributed by atoms with van der Waals surface area (Å²) in [6, 6.07) is 7.01. The van der Waals surface area contributed by atoms with Crippen molar-refractivity contribution in [3.63, 3.8) is 0 Å². The smallest absolute Gasteiger partial charge is 0.348 e. The van der Waals surface area contributed by atoms with Crippen LogP contribution in [-0.4, -0.2) is 15.7 Å². The Bertz CT molecular complexity index is 566. The van der Waals surface area contributed by atoms with Crippen LogP contribution in [0.3, 0.4) is 0 Å². The average molecular weight is 296 g/mol. The van der Waals surface area contributed by atoms with Gasteiger partial charge in [-0.3, -0.25) is 4.68 Å². The third-order valence-corrected chi connectivity index (χ3v) is 2.70. The number of carbonyl (C=O) groups is 1. The van der Waals surface area contributed by atoms with Crippen LogP contribution in [0, 0.1) is 0 Å². The molecular formula is C11H10BrN3O2. The standard InChI is InChI=1S/C11H10BrN3O2/c1-15-10(13)9(6-14-15)11(16)17-8-4-2-3-7(12)5-8/h2-6H,13H2,1H3. The lowest BCUT2D eigenvalue weighted by atomic mass is 10.3. The van der Waals surface area contributed by atoms with Crippen LogP contribution in [0.1, 0.15) is 10.4 Å². The van der Waals surface area contributed by atoms with Gasteiger partial charge < -0.3 is 10.5 Å². The second kappa shape index (κ2) is 4.58. The zero-order chi connectivity index (χ0) is 12.4. The zero-order valence-electron chi connectivity index (χ0n) is 9.05. The fourth-order valence-electron chi connectivity index (χ4n) is 1.30. The first kappa shape index (κ1) is 11.7. The Balaban J connectivity index is 2.20. The van der Waals surface area contributed by atoms with Crippen molar-refractivity contribution in [3.8, 4) is 5.75 Å². The fraction of sp³-hybridized carbons (Fsp3) is 0.0909. The predicted octanol–water partition coefficient (Wildman–Crippen LogP) is 1.98. The Kier molecular flexibility index (Phi) is 3.14. The number of aromatic nitrogens is 2. The van der Waals surface area contributed by atoms with Crippen molar-refractivity contribution in [2.75, 3.05) is 5.73 Å². The number of halogens is 1. The molecule has 17 heavy (non-hydrogen) atoms. The molecule has 0 fully saturated rings. The van der Waals surface area contributed by atoms with Crippen LogP contribution in [0.15, 0.2) is 34.9 Å². The van der Waals surface area contributed by atoms with Gasteiger partial charge in [0.05, 0.1) is 6.20 Å². The number of hydrogen-bond donors (Lipinski definition) is 1. The van der Waals surface area contributed by atoms with Crippen molar-refractivity contribution >= 4 is 27.7 Å². The molecule has 6 heteroatoms. The van der Waals surface area contributed by atoms with Gasteiger partial charge in [0, 0.05) is 11.5 Å². The van der Waals surface area contributed by atoms with Crippen LogP contribution in [0.5, 0.6) is 5.75 Å². The molecule has 2 rings (SSSR count). The predicted molar refractivity (Wildman–Crippen MR) is 66.7 cm³/mol. The summed E-state index contributed by atoms with van der Waals surface area (Å²) in [7, 11) is 1.66. The minimum absolute atomic E-state index is 0.257. The van der Waals surface area contributed by atoms with E-state index in [0.717, 1.165) is 4.47 Å². The van der Waals surface area contributed by atoms with Gasteiger partial charge in [-0.05, 0) is 18.2 Å². The molecule has 88 valence electrons. The molecule has 0 atom stereocenters. The third kappa shape index (κ3) is 2.47. The SMILES string of the molecule is Cn1ncc(C(=O)Oc2cccc(Br)c2)c1N. The Morgan fingerprint density at radius 3 is 2.88 bits per heavy atom. The lowest BCUT2D eigenvalue weighted by molar-refractivity contribution is 0.0736. The van der Waals surface area contributed by atoms with Gasteiger partial charge in [-0.25, -0.2) is 4.79 Å². The van der Waals surface area contributed by atoms with Crippen LogP contribution < -0.4 is 10.5 Å². The van der Waals surface area contributed by atoms with Crippen molar-refractivity contribution in [2.45, 2.75) is 0 Å². The number of nitrogens with zero attached hydrogens (tertiary/aromatic N) is 2. The lowest BCUT2D eigenvalue weighted by Crippen LogP contribution is -2.11. The van der Waals surface area contributed by atoms with Crippen LogP contribution in [0.2, 0.25) is 0 Å². The number of hydrogen-bond acceptors (Lipinski definition) is 4. The molecule has 2 N–H and O–H groups in total. The van der Waals surface area contributed by atoms with Crippen molar-refractivity contribution < 1.29 is 9.53 Å². The van der Waals surface area contributed by atoms with E-state index in [1.165, 1.54) is 10.9 Å². The van der Waals surface area contributed by atoms with Gasteiger partial charge in [-0.2, -0.15) is 5.10 Å². The van der Waals surface area contributed by atoms with Gasteiger partial charge in [-0.15, -0.1) is 0 Å². The number of carbonyl (C=O) groups excluding carboxylic acids is 1. The van der Waals surface area contributed by atoms with Crippen LogP contribution in [-0.2, 0) is 7.05 Å². The summed E-state index contributed by atoms with van der Waals surface area (Å²) in [5.74, 6) is 0.214. The van der Waals surface area contributed by atoms with E-state index in [4.69, 9.17) is 10.5 Å². The summed E-state index contributed by atoms with van der Waals surface area (Å²) in [5.41, 5.74) is 5.93. The number of benzene rings is 1. The van der Waals surface area contributed by atoms with Gasteiger partial charge in [0.1, 0.15) is 17.1 Å². The molecule has 2 aromatic rings. The highest BCUT2D eigenvalue weighted by molar-refractivity contribution is 9.10. The molecule has 1 heterocycles. The molecule has 0 aliphatic rings. The van der Waals surface area contributed by atoms with Crippen molar-refractivity contribution in [1.29, 1.82) is 0 Å². The van der Waals surface area contributed by atoms with Crippen molar-refractivity contribution in [2.24, 2.45) is 7.05 Å². The molecule has 0 aliphatic heterocycles. The Hall–Kier alpha value is -1.82. The highest BCUT2D eigenvalue weighted by Gasteiger charge is 2.15. The summed E-state index contributed by atoms with van der Waals surface area (Å²) < 4.78 is 7.42. The van der Waals surface area contributed by atoms with E-state index < -0.39 is 5.97 Å². The van der Waals surface area contributed by atoms with E-state index in [0.29, 0.717) is 5.75 Å². The first-order valence-corrected chi connectivity index (χ1v) is 5.62. The monoisotopic (exact) mass is 295 g/mol. The summed E-state index contributed by atoms with van der Waals surface area (Å²) in [6.07, 6.45) is 1.38. The largest absolute Gasteiger partial charge is 0.423 e. The van der Waals surface area contributed by atoms with Gasteiger partial charge in [0.25, 0.3) is 0 Å². The maximum Gasteiger partial charge on any atom is 0.348 e. The van der Waals surface area contributed by atoms with Crippen molar-refractivity contribution in [1.82, 2.24) is 9.78 Å². The quantitative estimate of drug-likeness (QED) is 0.679. The maximum absolute atomic E-state index is 11.8. The van der Waals surface area contributed by atoms with Crippen LogP contribution in [0.25, 0.3) is 0 Å². The van der Waals surface area contributed by atoms with Gasteiger partial charge in [0.15, 0.2) is 0 Å². The molecule has 0 saturated carbocycles. The van der Waals surface area contributed by atoms with Crippen molar-refractivity contribution in [3.05, 3.63) is 40.5 Å². The van der Waals surface area contributed by atoms with E-state index in [1.54, 1.807) is 25.2 Å². The average Bonchev–Trinajstić information content (AvgIpc) is 2.60. The zero-order valence-corrected chi connectivity index (χ0v) is 10.6. The summed E-state index contributed by atoms with van der Waals surface area (Å²) in [4.78, 5) is 11.8. The Labute approximate surface area is 106 Å². The molecule has 0 aliphatic carbocycles. The molecule has 0 radical (unpaired) electrons. The summed E-state index contributed by atoms with van der Waals surface area (Å²) in [6.45, 7) is 0. The molecule has 0 bridgehead atoms. The lowest BCUT2D eigenvalue weighted by Gasteiger charge is -2.03. The number of ether oxygens (including phenoxy) is 1. The Morgan fingerprint density at radius 1 is 1.53 bits per heavy atom. The van der Waals surface area contributed by atoms with Gasteiger partial charge >= 0.3 is 5.97 Å². The molecule has 0 unspecified atom stereocenters. The normalized spacial score (nSPS) is 10.2. The molecule has 0 saturated heterocycles. The van der Waals surface area contributed by atoms with Gasteiger partial charge in [-0.1, -0.05) is 22.0 Å². The fourth-order valence-corrected chi connectivity index (χ4v) is 1.68. The topological polar surface area (TPSA) is 70.1 Å². The minimum Gasteiger partial charge on any atom is -0.423 e. The molecule has 1 aromatic carbocycles. The Morgan fingerprint density at radius 2 is 2.29 bits per heavy atom. The first-order valence-electron chi connectivity index (χ1n) is 4.83. The van der Waals surface area contributed by atoms with E-state index in [-0.39, 0.29) is 11.4 Å². The van der Waals surface area contributed by atoms with E-state index >= 15 is 0 Å². The summed E-state index contributed by atoms with van der Waals surface area (Å²) in [5, 5.41) is 3.88.